The normalized spacial score (nSPS) is 18.6. The van der Waals surface area contributed by atoms with Crippen LogP contribution in [0.25, 0.3) is 0 Å². The van der Waals surface area contributed by atoms with Gasteiger partial charge < -0.3 is 15.2 Å². The van der Waals surface area contributed by atoms with Crippen molar-refractivity contribution < 1.29 is 13.9 Å². The van der Waals surface area contributed by atoms with Crippen molar-refractivity contribution in [1.29, 1.82) is 0 Å². The quantitative estimate of drug-likeness (QED) is 0.875. The smallest absolute Gasteiger partial charge is 0.123 e. The first kappa shape index (κ1) is 13.3. The summed E-state index contributed by atoms with van der Waals surface area (Å²) in [5.41, 5.74) is 5.81. The van der Waals surface area contributed by atoms with Gasteiger partial charge in [-0.1, -0.05) is 0 Å². The molecule has 2 rings (SSSR count). The van der Waals surface area contributed by atoms with Crippen LogP contribution in [-0.4, -0.2) is 26.4 Å². The number of hydrogen-bond donors (Lipinski definition) is 1. The Bertz CT molecular complexity index is 349. The summed E-state index contributed by atoms with van der Waals surface area (Å²) in [5, 5.41) is 0. The lowest BCUT2D eigenvalue weighted by Crippen LogP contribution is -2.32. The summed E-state index contributed by atoms with van der Waals surface area (Å²) in [7, 11) is 0. The molecule has 18 heavy (non-hydrogen) atoms. The molecule has 1 unspecified atom stereocenters. The Hall–Kier alpha value is -1.13. The Morgan fingerprint density at radius 2 is 1.94 bits per heavy atom. The van der Waals surface area contributed by atoms with Crippen molar-refractivity contribution in [1.82, 2.24) is 0 Å². The van der Waals surface area contributed by atoms with Crippen LogP contribution in [0.1, 0.15) is 12.8 Å². The van der Waals surface area contributed by atoms with Gasteiger partial charge in [-0.2, -0.15) is 0 Å². The number of nitrogens with two attached hydrogens (primary N) is 1. The average Bonchev–Trinajstić information content (AvgIpc) is 2.43. The van der Waals surface area contributed by atoms with Crippen molar-refractivity contribution in [2.45, 2.75) is 12.8 Å². The van der Waals surface area contributed by atoms with Crippen molar-refractivity contribution in [2.75, 3.05) is 26.4 Å². The molecule has 0 amide bonds. The summed E-state index contributed by atoms with van der Waals surface area (Å²) in [6.07, 6.45) is 2.10. The van der Waals surface area contributed by atoms with Gasteiger partial charge in [-0.25, -0.2) is 4.39 Å². The zero-order valence-electron chi connectivity index (χ0n) is 10.5. The predicted octanol–water partition coefficient (Wildman–Crippen LogP) is 2.21. The molecule has 1 aliphatic rings. The highest BCUT2D eigenvalue weighted by Gasteiger charge is 2.23. The molecule has 1 aromatic carbocycles. The van der Waals surface area contributed by atoms with Gasteiger partial charge in [0.2, 0.25) is 0 Å². The molecule has 1 aromatic rings. The van der Waals surface area contributed by atoms with Gasteiger partial charge in [0.15, 0.2) is 0 Å². The van der Waals surface area contributed by atoms with E-state index >= 15 is 0 Å². The fraction of sp³-hybridized carbons (Fsp3) is 0.571. The largest absolute Gasteiger partial charge is 0.493 e. The van der Waals surface area contributed by atoms with Crippen LogP contribution in [0.3, 0.4) is 0 Å². The van der Waals surface area contributed by atoms with Crippen LogP contribution in [0, 0.1) is 17.7 Å². The van der Waals surface area contributed by atoms with Crippen LogP contribution in [0.15, 0.2) is 24.3 Å². The number of halogens is 1. The lowest BCUT2D eigenvalue weighted by Gasteiger charge is -2.29. The SMILES string of the molecule is NCC(COc1ccc(F)cc1)C1CCOCC1. The monoisotopic (exact) mass is 253 g/mol. The molecule has 0 radical (unpaired) electrons. The molecular weight excluding hydrogens is 233 g/mol. The fourth-order valence-corrected chi connectivity index (χ4v) is 2.32. The molecule has 1 fully saturated rings. The van der Waals surface area contributed by atoms with E-state index in [1.54, 1.807) is 12.1 Å². The van der Waals surface area contributed by atoms with Gasteiger partial charge in [-0.05, 0) is 49.6 Å². The highest BCUT2D eigenvalue weighted by molar-refractivity contribution is 5.22. The van der Waals surface area contributed by atoms with Crippen molar-refractivity contribution >= 4 is 0 Å². The number of ether oxygens (including phenoxy) is 2. The number of hydrogen-bond acceptors (Lipinski definition) is 3. The topological polar surface area (TPSA) is 44.5 Å². The number of benzene rings is 1. The maximum atomic E-state index is 12.8. The van der Waals surface area contributed by atoms with Crippen LogP contribution in [0.5, 0.6) is 5.75 Å². The summed E-state index contributed by atoms with van der Waals surface area (Å²) in [6.45, 7) is 2.84. The van der Waals surface area contributed by atoms with Crippen LogP contribution in [0.4, 0.5) is 4.39 Å². The van der Waals surface area contributed by atoms with Gasteiger partial charge in [-0.3, -0.25) is 0 Å². The Morgan fingerprint density at radius 1 is 1.28 bits per heavy atom. The lowest BCUT2D eigenvalue weighted by molar-refractivity contribution is 0.0381. The third-order valence-electron chi connectivity index (χ3n) is 3.51. The third kappa shape index (κ3) is 3.68. The summed E-state index contributed by atoms with van der Waals surface area (Å²) in [5.74, 6) is 1.37. The first-order valence-corrected chi connectivity index (χ1v) is 6.46. The summed E-state index contributed by atoms with van der Waals surface area (Å²) < 4.78 is 23.8. The van der Waals surface area contributed by atoms with E-state index in [9.17, 15) is 4.39 Å². The van der Waals surface area contributed by atoms with Crippen LogP contribution in [-0.2, 0) is 4.74 Å². The Labute approximate surface area is 107 Å². The molecule has 100 valence electrons. The van der Waals surface area contributed by atoms with Crippen molar-refractivity contribution in [3.63, 3.8) is 0 Å². The van der Waals surface area contributed by atoms with Gasteiger partial charge in [0.25, 0.3) is 0 Å². The van der Waals surface area contributed by atoms with E-state index in [-0.39, 0.29) is 5.82 Å². The van der Waals surface area contributed by atoms with E-state index in [0.29, 0.717) is 30.7 Å². The van der Waals surface area contributed by atoms with Crippen molar-refractivity contribution in [2.24, 2.45) is 17.6 Å². The van der Waals surface area contributed by atoms with Gasteiger partial charge in [-0.15, -0.1) is 0 Å². The Kier molecular flexibility index (Phi) is 4.96. The maximum absolute atomic E-state index is 12.8. The maximum Gasteiger partial charge on any atom is 0.123 e. The minimum absolute atomic E-state index is 0.248. The standard InChI is InChI=1S/C14H20FNO2/c15-13-1-3-14(4-2-13)18-10-12(9-16)11-5-7-17-8-6-11/h1-4,11-12H,5-10,16H2. The van der Waals surface area contributed by atoms with E-state index in [4.69, 9.17) is 15.2 Å². The molecule has 1 atom stereocenters. The second-order valence-electron chi connectivity index (χ2n) is 4.71. The van der Waals surface area contributed by atoms with E-state index in [2.05, 4.69) is 0 Å². The van der Waals surface area contributed by atoms with Crippen molar-refractivity contribution in [3.8, 4) is 5.75 Å². The van der Waals surface area contributed by atoms with Gasteiger partial charge in [0, 0.05) is 19.1 Å². The number of rotatable bonds is 5. The molecule has 0 spiro atoms. The minimum Gasteiger partial charge on any atom is -0.493 e. The Balaban J connectivity index is 1.84. The second-order valence-corrected chi connectivity index (χ2v) is 4.71. The first-order chi connectivity index (χ1) is 8.79. The van der Waals surface area contributed by atoms with E-state index in [1.807, 2.05) is 0 Å². The molecule has 0 aromatic heterocycles. The van der Waals surface area contributed by atoms with Crippen LogP contribution in [0.2, 0.25) is 0 Å². The molecular formula is C14H20FNO2. The summed E-state index contributed by atoms with van der Waals surface area (Å²) in [4.78, 5) is 0. The van der Waals surface area contributed by atoms with Gasteiger partial charge in [0.1, 0.15) is 11.6 Å². The molecule has 1 aliphatic heterocycles. The summed E-state index contributed by atoms with van der Waals surface area (Å²) in [6, 6.07) is 6.10. The highest BCUT2D eigenvalue weighted by atomic mass is 19.1. The molecule has 1 heterocycles. The van der Waals surface area contributed by atoms with Gasteiger partial charge >= 0.3 is 0 Å². The van der Waals surface area contributed by atoms with Crippen LogP contribution >= 0.6 is 0 Å². The highest BCUT2D eigenvalue weighted by Crippen LogP contribution is 2.24. The van der Waals surface area contributed by atoms with Crippen molar-refractivity contribution in [3.05, 3.63) is 30.1 Å². The molecule has 1 saturated heterocycles. The molecule has 4 heteroatoms. The Morgan fingerprint density at radius 3 is 2.56 bits per heavy atom. The van der Waals surface area contributed by atoms with E-state index in [0.717, 1.165) is 26.1 Å². The zero-order valence-corrected chi connectivity index (χ0v) is 10.5. The average molecular weight is 253 g/mol. The fourth-order valence-electron chi connectivity index (χ4n) is 2.32. The van der Waals surface area contributed by atoms with Crippen LogP contribution < -0.4 is 10.5 Å². The van der Waals surface area contributed by atoms with E-state index < -0.39 is 0 Å². The second kappa shape index (κ2) is 6.71. The van der Waals surface area contributed by atoms with Gasteiger partial charge in [0.05, 0.1) is 6.61 Å². The molecule has 0 saturated carbocycles. The molecule has 2 N–H and O–H groups in total. The molecule has 0 bridgehead atoms. The van der Waals surface area contributed by atoms with E-state index in [1.165, 1.54) is 12.1 Å². The predicted molar refractivity (Wildman–Crippen MR) is 68.0 cm³/mol. The third-order valence-corrected chi connectivity index (χ3v) is 3.51. The summed E-state index contributed by atoms with van der Waals surface area (Å²) >= 11 is 0. The molecule has 3 nitrogen and oxygen atoms in total. The lowest BCUT2D eigenvalue weighted by atomic mass is 9.86. The molecule has 0 aliphatic carbocycles. The zero-order chi connectivity index (χ0) is 12.8. The minimum atomic E-state index is -0.248. The first-order valence-electron chi connectivity index (χ1n) is 6.46.